The van der Waals surface area contributed by atoms with Gasteiger partial charge in [-0.1, -0.05) is 26.0 Å². The third-order valence-electron chi connectivity index (χ3n) is 3.77. The van der Waals surface area contributed by atoms with Crippen molar-refractivity contribution in [1.29, 1.82) is 0 Å². The van der Waals surface area contributed by atoms with Crippen LogP contribution in [0.2, 0.25) is 0 Å². The molecule has 0 radical (unpaired) electrons. The third kappa shape index (κ3) is 4.50. The quantitative estimate of drug-likeness (QED) is 0.786. The Morgan fingerprint density at radius 1 is 1.40 bits per heavy atom. The summed E-state index contributed by atoms with van der Waals surface area (Å²) in [5.74, 6) is 0.953. The highest BCUT2D eigenvalue weighted by molar-refractivity contribution is 5.30. The zero-order valence-corrected chi connectivity index (χ0v) is 12.7. The van der Waals surface area contributed by atoms with E-state index in [9.17, 15) is 0 Å². The Hall–Kier alpha value is -1.06. The number of hydrogen-bond acceptors (Lipinski definition) is 3. The van der Waals surface area contributed by atoms with Crippen molar-refractivity contribution in [1.82, 2.24) is 5.32 Å². The zero-order valence-electron chi connectivity index (χ0n) is 12.7. The van der Waals surface area contributed by atoms with E-state index < -0.39 is 0 Å². The largest absolute Gasteiger partial charge is 0.491 e. The van der Waals surface area contributed by atoms with E-state index >= 15 is 0 Å². The van der Waals surface area contributed by atoms with Gasteiger partial charge in [-0.05, 0) is 49.9 Å². The Bertz CT molecular complexity index is 388. The predicted octanol–water partition coefficient (Wildman–Crippen LogP) is 3.70. The maximum Gasteiger partial charge on any atom is 0.119 e. The van der Waals surface area contributed by atoms with Crippen LogP contribution in [0.15, 0.2) is 24.3 Å². The van der Waals surface area contributed by atoms with Crippen LogP contribution >= 0.6 is 0 Å². The Morgan fingerprint density at radius 3 is 3.00 bits per heavy atom. The van der Waals surface area contributed by atoms with Crippen LogP contribution in [0.1, 0.15) is 51.1 Å². The number of ether oxygens (including phenoxy) is 2. The molecule has 1 aliphatic heterocycles. The highest BCUT2D eigenvalue weighted by Crippen LogP contribution is 2.22. The molecule has 0 amide bonds. The van der Waals surface area contributed by atoms with Gasteiger partial charge < -0.3 is 14.8 Å². The van der Waals surface area contributed by atoms with E-state index in [0.717, 1.165) is 44.6 Å². The minimum Gasteiger partial charge on any atom is -0.491 e. The van der Waals surface area contributed by atoms with Gasteiger partial charge in [0.15, 0.2) is 0 Å². The van der Waals surface area contributed by atoms with Crippen molar-refractivity contribution in [2.75, 3.05) is 19.8 Å². The minimum absolute atomic E-state index is 0.277. The van der Waals surface area contributed by atoms with Crippen LogP contribution < -0.4 is 10.1 Å². The summed E-state index contributed by atoms with van der Waals surface area (Å²) in [6, 6.07) is 8.87. The number of nitrogens with one attached hydrogen (secondary N) is 1. The van der Waals surface area contributed by atoms with E-state index in [-0.39, 0.29) is 6.10 Å². The lowest BCUT2D eigenvalue weighted by Crippen LogP contribution is -2.21. The molecule has 2 atom stereocenters. The van der Waals surface area contributed by atoms with Crippen LogP contribution in [0.25, 0.3) is 0 Å². The summed E-state index contributed by atoms with van der Waals surface area (Å²) >= 11 is 0. The molecule has 1 N–H and O–H groups in total. The molecule has 112 valence electrons. The SMILES string of the molecule is CCCNC(CC)c1cccc(OCC2CCCO2)c1. The summed E-state index contributed by atoms with van der Waals surface area (Å²) in [7, 11) is 0. The molecule has 0 spiro atoms. The fourth-order valence-corrected chi connectivity index (χ4v) is 2.60. The van der Waals surface area contributed by atoms with Gasteiger partial charge in [-0.2, -0.15) is 0 Å². The standard InChI is InChI=1S/C17H27NO2/c1-3-10-18-17(4-2)14-7-5-8-15(12-14)20-13-16-9-6-11-19-16/h5,7-8,12,16-18H,3-4,6,9-11,13H2,1-2H3. The molecule has 1 aromatic carbocycles. The summed E-state index contributed by atoms with van der Waals surface area (Å²) in [5, 5.41) is 3.58. The van der Waals surface area contributed by atoms with Crippen molar-refractivity contribution in [3.63, 3.8) is 0 Å². The fraction of sp³-hybridized carbons (Fsp3) is 0.647. The van der Waals surface area contributed by atoms with Crippen molar-refractivity contribution >= 4 is 0 Å². The molecular formula is C17H27NO2. The van der Waals surface area contributed by atoms with Gasteiger partial charge in [0.2, 0.25) is 0 Å². The van der Waals surface area contributed by atoms with Crippen LogP contribution in [-0.4, -0.2) is 25.9 Å². The molecule has 1 heterocycles. The van der Waals surface area contributed by atoms with Gasteiger partial charge in [0, 0.05) is 12.6 Å². The maximum atomic E-state index is 5.88. The number of rotatable bonds is 8. The summed E-state index contributed by atoms with van der Waals surface area (Å²) in [5.41, 5.74) is 1.31. The van der Waals surface area contributed by atoms with Crippen LogP contribution in [0, 0.1) is 0 Å². The van der Waals surface area contributed by atoms with Crippen molar-refractivity contribution in [2.45, 2.75) is 51.7 Å². The Balaban J connectivity index is 1.91. The monoisotopic (exact) mass is 277 g/mol. The molecule has 1 fully saturated rings. The van der Waals surface area contributed by atoms with E-state index in [1.807, 2.05) is 6.07 Å². The second-order valence-electron chi connectivity index (χ2n) is 5.43. The summed E-state index contributed by atoms with van der Waals surface area (Å²) < 4.78 is 11.5. The van der Waals surface area contributed by atoms with Crippen LogP contribution in [-0.2, 0) is 4.74 Å². The van der Waals surface area contributed by atoms with E-state index in [1.165, 1.54) is 5.56 Å². The zero-order chi connectivity index (χ0) is 14.2. The van der Waals surface area contributed by atoms with Crippen molar-refractivity contribution in [3.8, 4) is 5.75 Å². The summed E-state index contributed by atoms with van der Waals surface area (Å²) in [4.78, 5) is 0. The van der Waals surface area contributed by atoms with Gasteiger partial charge in [0.25, 0.3) is 0 Å². The molecule has 1 aliphatic rings. The molecule has 2 unspecified atom stereocenters. The van der Waals surface area contributed by atoms with Gasteiger partial charge in [0.05, 0.1) is 6.10 Å². The summed E-state index contributed by atoms with van der Waals surface area (Å²) in [6.07, 6.45) is 4.81. The molecule has 3 heteroatoms. The van der Waals surface area contributed by atoms with E-state index in [0.29, 0.717) is 12.6 Å². The maximum absolute atomic E-state index is 5.88. The fourth-order valence-electron chi connectivity index (χ4n) is 2.60. The van der Waals surface area contributed by atoms with Gasteiger partial charge in [-0.3, -0.25) is 0 Å². The first-order chi connectivity index (χ1) is 9.83. The molecule has 3 nitrogen and oxygen atoms in total. The Kier molecular flexibility index (Phi) is 6.34. The number of hydrogen-bond donors (Lipinski definition) is 1. The molecule has 2 rings (SSSR count). The second kappa shape index (κ2) is 8.28. The van der Waals surface area contributed by atoms with Crippen LogP contribution in [0.5, 0.6) is 5.75 Å². The van der Waals surface area contributed by atoms with E-state index in [2.05, 4.69) is 37.4 Å². The van der Waals surface area contributed by atoms with Gasteiger partial charge in [-0.25, -0.2) is 0 Å². The normalized spacial score (nSPS) is 20.0. The molecule has 0 aromatic heterocycles. The van der Waals surface area contributed by atoms with Crippen LogP contribution in [0.4, 0.5) is 0 Å². The predicted molar refractivity (Wildman–Crippen MR) is 82.2 cm³/mol. The molecule has 0 saturated carbocycles. The second-order valence-corrected chi connectivity index (χ2v) is 5.43. The lowest BCUT2D eigenvalue weighted by atomic mass is 10.0. The van der Waals surface area contributed by atoms with Crippen molar-refractivity contribution in [2.24, 2.45) is 0 Å². The van der Waals surface area contributed by atoms with Crippen molar-refractivity contribution < 1.29 is 9.47 Å². The molecule has 20 heavy (non-hydrogen) atoms. The van der Waals surface area contributed by atoms with E-state index in [4.69, 9.17) is 9.47 Å². The number of benzene rings is 1. The first-order valence-corrected chi connectivity index (χ1v) is 7.91. The molecule has 0 bridgehead atoms. The average Bonchev–Trinajstić information content (AvgIpc) is 3.00. The topological polar surface area (TPSA) is 30.5 Å². The van der Waals surface area contributed by atoms with Crippen LogP contribution in [0.3, 0.4) is 0 Å². The Labute approximate surface area is 122 Å². The highest BCUT2D eigenvalue weighted by Gasteiger charge is 2.16. The smallest absolute Gasteiger partial charge is 0.119 e. The highest BCUT2D eigenvalue weighted by atomic mass is 16.5. The lowest BCUT2D eigenvalue weighted by molar-refractivity contribution is 0.0679. The molecular weight excluding hydrogens is 250 g/mol. The molecule has 1 saturated heterocycles. The minimum atomic E-state index is 0.277. The van der Waals surface area contributed by atoms with Gasteiger partial charge >= 0.3 is 0 Å². The lowest BCUT2D eigenvalue weighted by Gasteiger charge is -2.18. The van der Waals surface area contributed by atoms with Gasteiger partial charge in [-0.15, -0.1) is 0 Å². The average molecular weight is 277 g/mol. The molecule has 0 aliphatic carbocycles. The first kappa shape index (κ1) is 15.3. The van der Waals surface area contributed by atoms with Gasteiger partial charge in [0.1, 0.15) is 12.4 Å². The molecule has 1 aromatic rings. The Morgan fingerprint density at radius 2 is 2.30 bits per heavy atom. The first-order valence-electron chi connectivity index (χ1n) is 7.91. The summed E-state index contributed by atoms with van der Waals surface area (Å²) in [6.45, 7) is 7.02. The van der Waals surface area contributed by atoms with E-state index in [1.54, 1.807) is 0 Å². The van der Waals surface area contributed by atoms with Crippen molar-refractivity contribution in [3.05, 3.63) is 29.8 Å². The third-order valence-corrected chi connectivity index (χ3v) is 3.77.